The Morgan fingerprint density at radius 3 is 2.61 bits per heavy atom. The smallest absolute Gasteiger partial charge is 0.341 e. The van der Waals surface area contributed by atoms with Crippen LogP contribution in [0.1, 0.15) is 27.0 Å². The Morgan fingerprint density at radius 2 is 1.86 bits per heavy atom. The SMILES string of the molecule is Cc1ccc(C(=O)c2ccn(C/C=C/c3cccc(OCC(=O)O)c3)c2)cc1. The summed E-state index contributed by atoms with van der Waals surface area (Å²) in [6.07, 6.45) is 7.60. The van der Waals surface area contributed by atoms with Crippen molar-refractivity contribution in [3.63, 3.8) is 0 Å². The summed E-state index contributed by atoms with van der Waals surface area (Å²) in [5.74, 6) is -0.493. The zero-order chi connectivity index (χ0) is 19.9. The number of carboxylic acid groups (broad SMARTS) is 1. The molecule has 0 bridgehead atoms. The minimum Gasteiger partial charge on any atom is -0.482 e. The van der Waals surface area contributed by atoms with Gasteiger partial charge in [-0.05, 0) is 30.7 Å². The van der Waals surface area contributed by atoms with E-state index < -0.39 is 5.97 Å². The van der Waals surface area contributed by atoms with Gasteiger partial charge >= 0.3 is 5.97 Å². The van der Waals surface area contributed by atoms with Crippen molar-refractivity contribution in [3.8, 4) is 5.75 Å². The number of carboxylic acids is 1. The molecule has 0 atom stereocenters. The summed E-state index contributed by atoms with van der Waals surface area (Å²) in [5.41, 5.74) is 3.36. The number of carbonyl (C=O) groups is 2. The zero-order valence-electron chi connectivity index (χ0n) is 15.5. The summed E-state index contributed by atoms with van der Waals surface area (Å²) in [6, 6.07) is 16.6. The molecule has 0 saturated heterocycles. The van der Waals surface area contributed by atoms with Crippen molar-refractivity contribution < 1.29 is 19.4 Å². The third-order valence-electron chi connectivity index (χ3n) is 4.17. The van der Waals surface area contributed by atoms with Crippen molar-refractivity contribution in [1.82, 2.24) is 4.57 Å². The molecule has 0 aliphatic carbocycles. The molecule has 5 heteroatoms. The molecule has 28 heavy (non-hydrogen) atoms. The number of aromatic nitrogens is 1. The van der Waals surface area contributed by atoms with E-state index in [0.29, 0.717) is 23.4 Å². The number of carbonyl (C=O) groups excluding carboxylic acids is 1. The third-order valence-corrected chi connectivity index (χ3v) is 4.17. The van der Waals surface area contributed by atoms with Crippen LogP contribution in [-0.2, 0) is 11.3 Å². The molecule has 0 unspecified atom stereocenters. The van der Waals surface area contributed by atoms with Gasteiger partial charge in [-0.15, -0.1) is 0 Å². The Kier molecular flexibility index (Phi) is 6.07. The van der Waals surface area contributed by atoms with Gasteiger partial charge in [0.05, 0.1) is 0 Å². The fourth-order valence-corrected chi connectivity index (χ4v) is 2.72. The summed E-state index contributed by atoms with van der Waals surface area (Å²) < 4.78 is 7.11. The number of ether oxygens (including phenoxy) is 1. The highest BCUT2D eigenvalue weighted by molar-refractivity contribution is 6.08. The van der Waals surface area contributed by atoms with E-state index in [1.165, 1.54) is 0 Å². The Hall–Kier alpha value is -3.60. The van der Waals surface area contributed by atoms with E-state index in [0.717, 1.165) is 11.1 Å². The number of hydrogen-bond acceptors (Lipinski definition) is 3. The minimum absolute atomic E-state index is 0.00556. The molecular formula is C23H21NO4. The van der Waals surface area contributed by atoms with Crippen molar-refractivity contribution in [1.29, 1.82) is 0 Å². The molecule has 0 spiro atoms. The molecule has 0 saturated carbocycles. The van der Waals surface area contributed by atoms with E-state index in [1.807, 2.05) is 78.5 Å². The van der Waals surface area contributed by atoms with Crippen LogP contribution >= 0.6 is 0 Å². The minimum atomic E-state index is -1.01. The van der Waals surface area contributed by atoms with Gasteiger partial charge in [-0.2, -0.15) is 0 Å². The van der Waals surface area contributed by atoms with Gasteiger partial charge in [0.25, 0.3) is 0 Å². The molecule has 2 aromatic carbocycles. The van der Waals surface area contributed by atoms with E-state index in [2.05, 4.69) is 0 Å². The molecule has 3 aromatic rings. The van der Waals surface area contributed by atoms with Crippen LogP contribution in [0.15, 0.2) is 73.1 Å². The molecule has 1 heterocycles. The van der Waals surface area contributed by atoms with Gasteiger partial charge in [-0.1, -0.05) is 54.1 Å². The average Bonchev–Trinajstić information content (AvgIpc) is 3.16. The van der Waals surface area contributed by atoms with Crippen LogP contribution in [0.4, 0.5) is 0 Å². The Labute approximate surface area is 163 Å². The second-order valence-electron chi connectivity index (χ2n) is 6.45. The maximum absolute atomic E-state index is 12.5. The van der Waals surface area contributed by atoms with E-state index in [4.69, 9.17) is 9.84 Å². The molecule has 3 rings (SSSR count). The number of aryl methyl sites for hydroxylation is 1. The van der Waals surface area contributed by atoms with Crippen LogP contribution in [0, 0.1) is 6.92 Å². The largest absolute Gasteiger partial charge is 0.482 e. The molecule has 142 valence electrons. The maximum atomic E-state index is 12.5. The Balaban J connectivity index is 1.61. The van der Waals surface area contributed by atoms with Crippen molar-refractivity contribution in [2.45, 2.75) is 13.5 Å². The highest BCUT2D eigenvalue weighted by atomic mass is 16.5. The summed E-state index contributed by atoms with van der Waals surface area (Å²) in [6.45, 7) is 2.24. The van der Waals surface area contributed by atoms with Crippen molar-refractivity contribution in [2.75, 3.05) is 6.61 Å². The number of nitrogens with zero attached hydrogens (tertiary/aromatic N) is 1. The first-order valence-corrected chi connectivity index (χ1v) is 8.89. The summed E-state index contributed by atoms with van der Waals surface area (Å²) in [4.78, 5) is 23.1. The van der Waals surface area contributed by atoms with Gasteiger partial charge in [0.1, 0.15) is 5.75 Å². The van der Waals surface area contributed by atoms with Gasteiger partial charge in [0.2, 0.25) is 0 Å². The predicted octanol–water partition coefficient (Wildman–Crippen LogP) is 4.20. The van der Waals surface area contributed by atoms with Gasteiger partial charge < -0.3 is 14.4 Å². The van der Waals surface area contributed by atoms with Crippen molar-refractivity contribution in [3.05, 3.63) is 95.3 Å². The topological polar surface area (TPSA) is 68.5 Å². The van der Waals surface area contributed by atoms with Crippen LogP contribution in [0.3, 0.4) is 0 Å². The summed E-state index contributed by atoms with van der Waals surface area (Å²) >= 11 is 0. The first-order chi connectivity index (χ1) is 13.5. The quantitative estimate of drug-likeness (QED) is 0.599. The number of benzene rings is 2. The molecule has 0 radical (unpaired) electrons. The van der Waals surface area contributed by atoms with Gasteiger partial charge in [-0.3, -0.25) is 4.79 Å². The molecule has 0 aliphatic rings. The van der Waals surface area contributed by atoms with E-state index >= 15 is 0 Å². The lowest BCUT2D eigenvalue weighted by Crippen LogP contribution is -2.09. The summed E-state index contributed by atoms with van der Waals surface area (Å²) in [7, 11) is 0. The normalized spacial score (nSPS) is 10.9. The van der Waals surface area contributed by atoms with E-state index in [-0.39, 0.29) is 12.4 Å². The molecule has 1 aromatic heterocycles. The summed E-state index contributed by atoms with van der Waals surface area (Å²) in [5, 5.41) is 8.67. The van der Waals surface area contributed by atoms with Crippen LogP contribution < -0.4 is 4.74 Å². The van der Waals surface area contributed by atoms with Crippen molar-refractivity contribution >= 4 is 17.8 Å². The van der Waals surface area contributed by atoms with Crippen molar-refractivity contribution in [2.24, 2.45) is 0 Å². The second kappa shape index (κ2) is 8.86. The van der Waals surface area contributed by atoms with E-state index in [1.54, 1.807) is 12.1 Å². The van der Waals surface area contributed by atoms with Crippen LogP contribution in [0.25, 0.3) is 6.08 Å². The Morgan fingerprint density at radius 1 is 1.07 bits per heavy atom. The van der Waals surface area contributed by atoms with Gasteiger partial charge in [0.15, 0.2) is 12.4 Å². The van der Waals surface area contributed by atoms with Crippen LogP contribution in [0.5, 0.6) is 5.75 Å². The van der Waals surface area contributed by atoms with Gasteiger partial charge in [0, 0.05) is 30.1 Å². The highest BCUT2D eigenvalue weighted by Crippen LogP contribution is 2.15. The Bertz CT molecular complexity index is 999. The first-order valence-electron chi connectivity index (χ1n) is 8.89. The predicted molar refractivity (Wildman–Crippen MR) is 108 cm³/mol. The fraction of sp³-hybridized carbons (Fsp3) is 0.130. The van der Waals surface area contributed by atoms with Crippen LogP contribution in [0.2, 0.25) is 0 Å². The lowest BCUT2D eigenvalue weighted by Gasteiger charge is -2.03. The second-order valence-corrected chi connectivity index (χ2v) is 6.45. The fourth-order valence-electron chi connectivity index (χ4n) is 2.72. The monoisotopic (exact) mass is 375 g/mol. The molecule has 1 N–H and O–H groups in total. The zero-order valence-corrected chi connectivity index (χ0v) is 15.5. The average molecular weight is 375 g/mol. The molecule has 0 aliphatic heterocycles. The molecule has 0 amide bonds. The first kappa shape index (κ1) is 19.2. The molecule has 5 nitrogen and oxygen atoms in total. The number of hydrogen-bond donors (Lipinski definition) is 1. The highest BCUT2D eigenvalue weighted by Gasteiger charge is 2.09. The lowest BCUT2D eigenvalue weighted by atomic mass is 10.0. The number of ketones is 1. The molecular weight excluding hydrogens is 354 g/mol. The standard InChI is InChI=1S/C23H21NO4/c1-17-7-9-19(10-8-17)23(27)20-11-13-24(15-20)12-3-5-18-4-2-6-21(14-18)28-16-22(25)26/h2-11,13-15H,12,16H2,1H3,(H,25,26)/b5-3+. The number of allylic oxidation sites excluding steroid dienone is 1. The number of aliphatic carboxylic acids is 1. The number of rotatable bonds is 8. The lowest BCUT2D eigenvalue weighted by molar-refractivity contribution is -0.139. The van der Waals surface area contributed by atoms with Gasteiger partial charge in [-0.25, -0.2) is 4.79 Å². The van der Waals surface area contributed by atoms with E-state index in [9.17, 15) is 9.59 Å². The van der Waals surface area contributed by atoms with Crippen LogP contribution in [-0.4, -0.2) is 28.0 Å². The maximum Gasteiger partial charge on any atom is 0.341 e. The third kappa shape index (κ3) is 5.20. The molecule has 0 fully saturated rings.